The molecule has 0 aromatic heterocycles. The number of likely N-dealkylation sites (tertiary alicyclic amines) is 1. The van der Waals surface area contributed by atoms with Crippen molar-refractivity contribution >= 4 is 0 Å². The molecular formula is C15H20FN3. The highest BCUT2D eigenvalue weighted by atomic mass is 19.1. The summed E-state index contributed by atoms with van der Waals surface area (Å²) >= 11 is 0. The zero-order valence-electron chi connectivity index (χ0n) is 11.3. The lowest BCUT2D eigenvalue weighted by Gasteiger charge is -2.29. The molecule has 0 aliphatic carbocycles. The first-order chi connectivity index (χ1) is 9.19. The van der Waals surface area contributed by atoms with Gasteiger partial charge in [-0.1, -0.05) is 0 Å². The van der Waals surface area contributed by atoms with E-state index in [2.05, 4.69) is 23.3 Å². The van der Waals surface area contributed by atoms with Gasteiger partial charge in [-0.3, -0.25) is 0 Å². The predicted octanol–water partition coefficient (Wildman–Crippen LogP) is 2.13. The molecule has 0 bridgehead atoms. The number of nitriles is 1. The Kier molecular flexibility index (Phi) is 4.89. The van der Waals surface area contributed by atoms with Crippen LogP contribution in [0, 0.1) is 23.1 Å². The second-order valence-electron chi connectivity index (χ2n) is 5.29. The van der Waals surface area contributed by atoms with Gasteiger partial charge in [0.15, 0.2) is 0 Å². The molecule has 1 fully saturated rings. The van der Waals surface area contributed by atoms with Crippen LogP contribution >= 0.6 is 0 Å². The summed E-state index contributed by atoms with van der Waals surface area (Å²) in [6.07, 6.45) is 2.41. The van der Waals surface area contributed by atoms with Crippen LogP contribution < -0.4 is 5.32 Å². The molecule has 1 heterocycles. The fraction of sp³-hybridized carbons (Fsp3) is 0.533. The number of piperidine rings is 1. The molecule has 1 aromatic carbocycles. The predicted molar refractivity (Wildman–Crippen MR) is 73.0 cm³/mol. The van der Waals surface area contributed by atoms with Crippen LogP contribution in [0.2, 0.25) is 0 Å². The molecule has 1 aromatic rings. The fourth-order valence-corrected chi connectivity index (χ4v) is 2.49. The van der Waals surface area contributed by atoms with Crippen LogP contribution in [0.25, 0.3) is 0 Å². The van der Waals surface area contributed by atoms with Gasteiger partial charge in [0.25, 0.3) is 0 Å². The maximum absolute atomic E-state index is 13.2. The van der Waals surface area contributed by atoms with E-state index >= 15 is 0 Å². The number of benzene rings is 1. The minimum Gasteiger partial charge on any atom is -0.312 e. The highest BCUT2D eigenvalue weighted by Crippen LogP contribution is 2.15. The minimum atomic E-state index is -0.282. The van der Waals surface area contributed by atoms with Gasteiger partial charge in [-0.15, -0.1) is 0 Å². The zero-order valence-corrected chi connectivity index (χ0v) is 11.3. The number of hydrogen-bond donors (Lipinski definition) is 1. The molecule has 1 aliphatic rings. The van der Waals surface area contributed by atoms with Gasteiger partial charge in [-0.2, -0.15) is 5.26 Å². The number of nitrogens with one attached hydrogen (secondary N) is 1. The maximum atomic E-state index is 13.2. The summed E-state index contributed by atoms with van der Waals surface area (Å²) in [5, 5.41) is 12.3. The normalized spacial score (nSPS) is 17.3. The molecule has 102 valence electrons. The Bertz CT molecular complexity index is 459. The van der Waals surface area contributed by atoms with Crippen molar-refractivity contribution in [1.82, 2.24) is 10.2 Å². The SMILES string of the molecule is CN1CCC(CNCc2cc(F)ccc2C#N)CC1. The van der Waals surface area contributed by atoms with Gasteiger partial charge in [0.2, 0.25) is 0 Å². The summed E-state index contributed by atoms with van der Waals surface area (Å²) in [4.78, 5) is 2.34. The Morgan fingerprint density at radius 1 is 1.42 bits per heavy atom. The van der Waals surface area contributed by atoms with Crippen molar-refractivity contribution in [2.45, 2.75) is 19.4 Å². The largest absolute Gasteiger partial charge is 0.312 e. The van der Waals surface area contributed by atoms with Crippen molar-refractivity contribution in [2.75, 3.05) is 26.7 Å². The molecule has 4 heteroatoms. The van der Waals surface area contributed by atoms with Gasteiger partial charge >= 0.3 is 0 Å². The minimum absolute atomic E-state index is 0.282. The molecule has 3 nitrogen and oxygen atoms in total. The van der Waals surface area contributed by atoms with Crippen molar-refractivity contribution < 1.29 is 4.39 Å². The second kappa shape index (κ2) is 6.65. The topological polar surface area (TPSA) is 39.1 Å². The monoisotopic (exact) mass is 261 g/mol. The summed E-state index contributed by atoms with van der Waals surface area (Å²) in [7, 11) is 2.15. The molecule has 19 heavy (non-hydrogen) atoms. The van der Waals surface area contributed by atoms with Gasteiger partial charge in [0.1, 0.15) is 5.82 Å². The van der Waals surface area contributed by atoms with E-state index in [0.717, 1.165) is 25.2 Å². The van der Waals surface area contributed by atoms with E-state index in [0.29, 0.717) is 18.0 Å². The third kappa shape index (κ3) is 4.02. The van der Waals surface area contributed by atoms with E-state index in [1.165, 1.54) is 25.0 Å². The molecule has 0 spiro atoms. The Hall–Kier alpha value is -1.44. The Balaban J connectivity index is 1.83. The molecule has 0 saturated carbocycles. The Morgan fingerprint density at radius 3 is 2.84 bits per heavy atom. The van der Waals surface area contributed by atoms with E-state index in [1.54, 1.807) is 6.07 Å². The summed E-state index contributed by atoms with van der Waals surface area (Å²) in [6.45, 7) is 3.80. The van der Waals surface area contributed by atoms with Crippen molar-refractivity contribution in [3.05, 3.63) is 35.1 Å². The van der Waals surface area contributed by atoms with Crippen LogP contribution in [-0.4, -0.2) is 31.6 Å². The summed E-state index contributed by atoms with van der Waals surface area (Å²) in [5.41, 5.74) is 1.30. The van der Waals surface area contributed by atoms with Crippen molar-refractivity contribution in [3.8, 4) is 6.07 Å². The van der Waals surface area contributed by atoms with Crippen LogP contribution in [0.4, 0.5) is 4.39 Å². The molecular weight excluding hydrogens is 241 g/mol. The van der Waals surface area contributed by atoms with E-state index in [4.69, 9.17) is 5.26 Å². The van der Waals surface area contributed by atoms with E-state index in [9.17, 15) is 4.39 Å². The molecule has 1 N–H and O–H groups in total. The lowest BCUT2D eigenvalue weighted by molar-refractivity contribution is 0.216. The van der Waals surface area contributed by atoms with Crippen LogP contribution in [0.3, 0.4) is 0 Å². The van der Waals surface area contributed by atoms with Crippen LogP contribution in [0.1, 0.15) is 24.0 Å². The molecule has 0 atom stereocenters. The van der Waals surface area contributed by atoms with Gasteiger partial charge in [-0.25, -0.2) is 4.39 Å². The lowest BCUT2D eigenvalue weighted by Crippen LogP contribution is -2.34. The molecule has 1 saturated heterocycles. The number of nitrogens with zero attached hydrogens (tertiary/aromatic N) is 2. The van der Waals surface area contributed by atoms with Crippen LogP contribution in [0.5, 0.6) is 0 Å². The zero-order chi connectivity index (χ0) is 13.7. The Morgan fingerprint density at radius 2 is 2.16 bits per heavy atom. The maximum Gasteiger partial charge on any atom is 0.123 e. The molecule has 0 radical (unpaired) electrons. The average Bonchev–Trinajstić information content (AvgIpc) is 2.41. The molecule has 1 aliphatic heterocycles. The smallest absolute Gasteiger partial charge is 0.123 e. The van der Waals surface area contributed by atoms with Gasteiger partial charge < -0.3 is 10.2 Å². The van der Waals surface area contributed by atoms with Crippen LogP contribution in [0.15, 0.2) is 18.2 Å². The quantitative estimate of drug-likeness (QED) is 0.902. The standard InChI is InChI=1S/C15H20FN3/c1-19-6-4-12(5-7-19)10-18-11-14-8-15(16)3-2-13(14)9-17/h2-3,8,12,18H,4-7,10-11H2,1H3. The van der Waals surface area contributed by atoms with E-state index in [-0.39, 0.29) is 5.82 Å². The first-order valence-electron chi connectivity index (χ1n) is 6.77. The summed E-state index contributed by atoms with van der Waals surface area (Å²) in [5.74, 6) is 0.408. The summed E-state index contributed by atoms with van der Waals surface area (Å²) < 4.78 is 13.2. The van der Waals surface area contributed by atoms with Gasteiger partial charge in [0.05, 0.1) is 11.6 Å². The fourth-order valence-electron chi connectivity index (χ4n) is 2.49. The lowest BCUT2D eigenvalue weighted by atomic mass is 9.97. The highest BCUT2D eigenvalue weighted by Gasteiger charge is 2.16. The van der Waals surface area contributed by atoms with E-state index < -0.39 is 0 Å². The molecule has 2 rings (SSSR count). The van der Waals surface area contributed by atoms with Crippen molar-refractivity contribution in [2.24, 2.45) is 5.92 Å². The van der Waals surface area contributed by atoms with Crippen LogP contribution in [-0.2, 0) is 6.54 Å². The highest BCUT2D eigenvalue weighted by molar-refractivity contribution is 5.37. The van der Waals surface area contributed by atoms with Gasteiger partial charge in [-0.05, 0) is 69.2 Å². The van der Waals surface area contributed by atoms with Crippen molar-refractivity contribution in [3.63, 3.8) is 0 Å². The first kappa shape index (κ1) is 14.0. The molecule has 0 unspecified atom stereocenters. The first-order valence-corrected chi connectivity index (χ1v) is 6.77. The number of halogens is 1. The second-order valence-corrected chi connectivity index (χ2v) is 5.29. The van der Waals surface area contributed by atoms with Crippen molar-refractivity contribution in [1.29, 1.82) is 5.26 Å². The van der Waals surface area contributed by atoms with E-state index in [1.807, 2.05) is 0 Å². The number of rotatable bonds is 4. The Labute approximate surface area is 114 Å². The third-order valence-electron chi connectivity index (χ3n) is 3.77. The number of hydrogen-bond acceptors (Lipinski definition) is 3. The molecule has 0 amide bonds. The third-order valence-corrected chi connectivity index (χ3v) is 3.77. The van der Waals surface area contributed by atoms with Gasteiger partial charge in [0, 0.05) is 6.54 Å². The summed E-state index contributed by atoms with van der Waals surface area (Å²) in [6, 6.07) is 6.42. The average molecular weight is 261 g/mol.